The fourth-order valence-electron chi connectivity index (χ4n) is 2.29. The van der Waals surface area contributed by atoms with Crippen LogP contribution >= 0.6 is 0 Å². The van der Waals surface area contributed by atoms with Crippen LogP contribution in [0.4, 0.5) is 0 Å². The van der Waals surface area contributed by atoms with Gasteiger partial charge in [-0.25, -0.2) is 0 Å². The zero-order valence-electron chi connectivity index (χ0n) is 10.4. The van der Waals surface area contributed by atoms with Gasteiger partial charge in [-0.3, -0.25) is 9.59 Å². The van der Waals surface area contributed by atoms with E-state index in [9.17, 15) is 9.59 Å². The summed E-state index contributed by atoms with van der Waals surface area (Å²) in [7, 11) is 1.47. The third-order valence-electron chi connectivity index (χ3n) is 3.48. The molecule has 0 radical (unpaired) electrons. The number of hydrogen-bond donors (Lipinski definition) is 2. The minimum absolute atomic E-state index is 0.180. The van der Waals surface area contributed by atoms with Gasteiger partial charge < -0.3 is 10.6 Å². The summed E-state index contributed by atoms with van der Waals surface area (Å²) in [5.74, 6) is 0.435. The molecule has 0 bridgehead atoms. The molecule has 0 heterocycles. The van der Waals surface area contributed by atoms with E-state index in [-0.39, 0.29) is 6.04 Å². The Morgan fingerprint density at radius 3 is 2.06 bits per heavy atom. The molecule has 0 aromatic carbocycles. The average molecular weight is 226 g/mol. The Kier molecular flexibility index (Phi) is 4.77. The van der Waals surface area contributed by atoms with Crippen molar-refractivity contribution in [3.05, 3.63) is 0 Å². The second-order valence-electron chi connectivity index (χ2n) is 4.91. The number of hydrogen-bond acceptors (Lipinski definition) is 2. The monoisotopic (exact) mass is 226 g/mol. The fraction of sp³-hybridized carbons (Fsp3) is 0.833. The summed E-state index contributed by atoms with van der Waals surface area (Å²) in [5.41, 5.74) is 0. The van der Waals surface area contributed by atoms with Crippen LogP contribution in [-0.4, -0.2) is 24.9 Å². The maximum Gasteiger partial charge on any atom is 0.309 e. The SMILES string of the molecule is CNC(=O)C(=O)NC1CCC(C(C)C)CC1. The second kappa shape index (κ2) is 5.87. The summed E-state index contributed by atoms with van der Waals surface area (Å²) in [6.07, 6.45) is 4.28. The average Bonchev–Trinajstić information content (AvgIpc) is 2.28. The second-order valence-corrected chi connectivity index (χ2v) is 4.91. The van der Waals surface area contributed by atoms with Gasteiger partial charge in [0, 0.05) is 13.1 Å². The van der Waals surface area contributed by atoms with Gasteiger partial charge in [0.15, 0.2) is 0 Å². The van der Waals surface area contributed by atoms with Gasteiger partial charge in [0.25, 0.3) is 0 Å². The zero-order chi connectivity index (χ0) is 12.1. The van der Waals surface area contributed by atoms with Gasteiger partial charge in [-0.05, 0) is 37.5 Å². The van der Waals surface area contributed by atoms with Crippen molar-refractivity contribution >= 4 is 11.8 Å². The molecular formula is C12H22N2O2. The predicted molar refractivity (Wildman–Crippen MR) is 62.8 cm³/mol. The maximum absolute atomic E-state index is 11.3. The molecular weight excluding hydrogens is 204 g/mol. The quantitative estimate of drug-likeness (QED) is 0.692. The molecule has 1 saturated carbocycles. The first-order valence-corrected chi connectivity index (χ1v) is 6.07. The van der Waals surface area contributed by atoms with Crippen LogP contribution in [0.2, 0.25) is 0 Å². The van der Waals surface area contributed by atoms with Crippen LogP contribution in [0.15, 0.2) is 0 Å². The molecule has 4 nitrogen and oxygen atoms in total. The number of amides is 2. The lowest BCUT2D eigenvalue weighted by Crippen LogP contribution is -2.45. The number of nitrogens with one attached hydrogen (secondary N) is 2. The van der Waals surface area contributed by atoms with Gasteiger partial charge in [0.1, 0.15) is 0 Å². The molecule has 0 atom stereocenters. The van der Waals surface area contributed by atoms with E-state index in [0.29, 0.717) is 0 Å². The standard InChI is InChI=1S/C12H22N2O2/c1-8(2)9-4-6-10(7-5-9)14-12(16)11(15)13-3/h8-10H,4-7H2,1-3H3,(H,13,15)(H,14,16). The van der Waals surface area contributed by atoms with Crippen molar-refractivity contribution in [2.75, 3.05) is 7.05 Å². The van der Waals surface area contributed by atoms with Crippen LogP contribution < -0.4 is 10.6 Å². The fourth-order valence-corrected chi connectivity index (χ4v) is 2.29. The van der Waals surface area contributed by atoms with Crippen molar-refractivity contribution in [3.8, 4) is 0 Å². The number of rotatable bonds is 2. The largest absolute Gasteiger partial charge is 0.351 e. The zero-order valence-corrected chi connectivity index (χ0v) is 10.4. The summed E-state index contributed by atoms with van der Waals surface area (Å²) in [6.45, 7) is 4.49. The smallest absolute Gasteiger partial charge is 0.309 e. The highest BCUT2D eigenvalue weighted by Gasteiger charge is 2.25. The Labute approximate surface area is 97.2 Å². The van der Waals surface area contributed by atoms with E-state index in [0.717, 1.165) is 37.5 Å². The van der Waals surface area contributed by atoms with E-state index in [1.54, 1.807) is 0 Å². The van der Waals surface area contributed by atoms with Crippen molar-refractivity contribution in [3.63, 3.8) is 0 Å². The van der Waals surface area contributed by atoms with Gasteiger partial charge in [-0.2, -0.15) is 0 Å². The first-order valence-electron chi connectivity index (χ1n) is 6.07. The lowest BCUT2D eigenvalue weighted by atomic mass is 9.80. The van der Waals surface area contributed by atoms with E-state index in [1.165, 1.54) is 7.05 Å². The van der Waals surface area contributed by atoms with Gasteiger partial charge in [-0.1, -0.05) is 13.8 Å². The predicted octanol–water partition coefficient (Wildman–Crippen LogP) is 1.06. The summed E-state index contributed by atoms with van der Waals surface area (Å²) in [5, 5.41) is 5.11. The summed E-state index contributed by atoms with van der Waals surface area (Å²) >= 11 is 0. The van der Waals surface area contributed by atoms with Crippen LogP contribution in [0.3, 0.4) is 0 Å². The van der Waals surface area contributed by atoms with Gasteiger partial charge in [0.05, 0.1) is 0 Å². The first kappa shape index (κ1) is 13.0. The molecule has 2 N–H and O–H groups in total. The van der Waals surface area contributed by atoms with Crippen LogP contribution in [0.25, 0.3) is 0 Å². The van der Waals surface area contributed by atoms with Crippen molar-refractivity contribution in [1.82, 2.24) is 10.6 Å². The highest BCUT2D eigenvalue weighted by atomic mass is 16.2. The van der Waals surface area contributed by atoms with Crippen LogP contribution in [0, 0.1) is 11.8 Å². The van der Waals surface area contributed by atoms with Crippen molar-refractivity contribution in [1.29, 1.82) is 0 Å². The molecule has 1 fully saturated rings. The Bertz CT molecular complexity index is 256. The Hall–Kier alpha value is -1.06. The molecule has 0 aromatic rings. The first-order chi connectivity index (χ1) is 7.54. The van der Waals surface area contributed by atoms with Crippen molar-refractivity contribution in [2.24, 2.45) is 11.8 Å². The third-order valence-corrected chi connectivity index (χ3v) is 3.48. The molecule has 0 unspecified atom stereocenters. The minimum Gasteiger partial charge on any atom is -0.351 e. The molecule has 0 saturated heterocycles. The Morgan fingerprint density at radius 1 is 1.06 bits per heavy atom. The van der Waals surface area contributed by atoms with Gasteiger partial charge >= 0.3 is 11.8 Å². The van der Waals surface area contributed by atoms with Crippen LogP contribution in [0.5, 0.6) is 0 Å². The Balaban J connectivity index is 2.32. The van der Waals surface area contributed by atoms with Crippen LogP contribution in [0.1, 0.15) is 39.5 Å². The molecule has 0 aromatic heterocycles. The number of likely N-dealkylation sites (N-methyl/N-ethyl adjacent to an activating group) is 1. The minimum atomic E-state index is -0.550. The van der Waals surface area contributed by atoms with E-state index in [1.807, 2.05) is 0 Å². The number of carbonyl (C=O) groups excluding carboxylic acids is 2. The third kappa shape index (κ3) is 3.51. The summed E-state index contributed by atoms with van der Waals surface area (Å²) in [6, 6.07) is 0.180. The molecule has 16 heavy (non-hydrogen) atoms. The molecule has 1 aliphatic rings. The van der Waals surface area contributed by atoms with E-state index in [2.05, 4.69) is 24.5 Å². The maximum atomic E-state index is 11.3. The molecule has 2 amide bonds. The molecule has 0 aliphatic heterocycles. The summed E-state index contributed by atoms with van der Waals surface area (Å²) < 4.78 is 0. The van der Waals surface area contributed by atoms with Crippen LogP contribution in [-0.2, 0) is 9.59 Å². The highest BCUT2D eigenvalue weighted by Crippen LogP contribution is 2.29. The van der Waals surface area contributed by atoms with Gasteiger partial charge in [-0.15, -0.1) is 0 Å². The molecule has 1 aliphatic carbocycles. The normalized spacial score (nSPS) is 25.2. The lowest BCUT2D eigenvalue weighted by Gasteiger charge is -2.31. The van der Waals surface area contributed by atoms with E-state index >= 15 is 0 Å². The van der Waals surface area contributed by atoms with E-state index in [4.69, 9.17) is 0 Å². The molecule has 1 rings (SSSR count). The molecule has 0 spiro atoms. The number of carbonyl (C=O) groups is 2. The van der Waals surface area contributed by atoms with Crippen molar-refractivity contribution < 1.29 is 9.59 Å². The highest BCUT2D eigenvalue weighted by molar-refractivity contribution is 6.35. The summed E-state index contributed by atoms with van der Waals surface area (Å²) in [4.78, 5) is 22.4. The molecule has 4 heteroatoms. The topological polar surface area (TPSA) is 58.2 Å². The Morgan fingerprint density at radius 2 is 1.62 bits per heavy atom. The molecule has 92 valence electrons. The lowest BCUT2D eigenvalue weighted by molar-refractivity contribution is -0.139. The van der Waals surface area contributed by atoms with Crippen molar-refractivity contribution in [2.45, 2.75) is 45.6 Å². The van der Waals surface area contributed by atoms with Gasteiger partial charge in [0.2, 0.25) is 0 Å². The van der Waals surface area contributed by atoms with E-state index < -0.39 is 11.8 Å².